The van der Waals surface area contributed by atoms with Crippen LogP contribution in [0.1, 0.15) is 63.0 Å². The lowest BCUT2D eigenvalue weighted by atomic mass is 9.86. The van der Waals surface area contributed by atoms with Crippen LogP contribution < -0.4 is 4.74 Å². The van der Waals surface area contributed by atoms with Crippen molar-refractivity contribution >= 4 is 12.1 Å². The van der Waals surface area contributed by atoms with Gasteiger partial charge in [-0.3, -0.25) is 4.79 Å². The van der Waals surface area contributed by atoms with Crippen LogP contribution in [0, 0.1) is 23.7 Å². The van der Waals surface area contributed by atoms with Crippen molar-refractivity contribution in [1.82, 2.24) is 4.90 Å². The quantitative estimate of drug-likeness (QED) is 0.420. The van der Waals surface area contributed by atoms with E-state index in [4.69, 9.17) is 14.6 Å². The maximum atomic E-state index is 12.2. The number of carboxylic acid groups (broad SMARTS) is 1. The minimum Gasteiger partial charge on any atom is -0.489 e. The predicted molar refractivity (Wildman–Crippen MR) is 127 cm³/mol. The van der Waals surface area contributed by atoms with Crippen molar-refractivity contribution in [1.29, 1.82) is 0 Å². The summed E-state index contributed by atoms with van der Waals surface area (Å²) in [6.45, 7) is 3.87. The number of fused-ring (bicyclic) bond motifs is 3. The molecule has 2 aliphatic rings. The summed E-state index contributed by atoms with van der Waals surface area (Å²) >= 11 is 0. The number of carboxylic acids is 1. The maximum Gasteiger partial charge on any atom is 0.409 e. The van der Waals surface area contributed by atoms with Crippen LogP contribution in [-0.4, -0.2) is 48.4 Å². The van der Waals surface area contributed by atoms with E-state index in [0.29, 0.717) is 25.2 Å². The molecule has 33 heavy (non-hydrogen) atoms. The van der Waals surface area contributed by atoms with Crippen LogP contribution in [0.15, 0.2) is 30.4 Å². The van der Waals surface area contributed by atoms with Crippen LogP contribution in [0.25, 0.3) is 0 Å². The van der Waals surface area contributed by atoms with Gasteiger partial charge in [-0.05, 0) is 50.2 Å². The molecule has 0 aromatic heterocycles. The first kappa shape index (κ1) is 24.7. The fourth-order valence-electron chi connectivity index (χ4n) is 4.76. The van der Waals surface area contributed by atoms with E-state index in [9.17, 15) is 9.59 Å². The molecule has 6 heteroatoms. The first-order valence-electron chi connectivity index (χ1n) is 11.8. The molecule has 1 fully saturated rings. The molecule has 1 amide bonds. The number of ether oxygens (including phenoxy) is 2. The zero-order valence-electron chi connectivity index (χ0n) is 20.0. The Kier molecular flexibility index (Phi) is 8.43. The van der Waals surface area contributed by atoms with Gasteiger partial charge in [-0.2, -0.15) is 0 Å². The fourth-order valence-corrected chi connectivity index (χ4v) is 4.76. The van der Waals surface area contributed by atoms with E-state index in [2.05, 4.69) is 30.9 Å². The van der Waals surface area contributed by atoms with Gasteiger partial charge < -0.3 is 19.5 Å². The topological polar surface area (TPSA) is 76.1 Å². The number of carbonyl (C=O) groups excluding carboxylic acids is 1. The van der Waals surface area contributed by atoms with Crippen molar-refractivity contribution in [3.05, 3.63) is 41.5 Å². The average molecular weight is 454 g/mol. The second kappa shape index (κ2) is 11.3. The van der Waals surface area contributed by atoms with Crippen molar-refractivity contribution < 1.29 is 24.2 Å². The molecule has 1 aromatic carbocycles. The highest BCUT2D eigenvalue weighted by Gasteiger charge is 2.44. The van der Waals surface area contributed by atoms with Gasteiger partial charge in [0.15, 0.2) is 0 Å². The molecule has 0 bridgehead atoms. The molecule has 1 saturated carbocycles. The molecule has 3 rings (SSSR count). The van der Waals surface area contributed by atoms with Crippen LogP contribution >= 0.6 is 0 Å². The molecule has 1 N–H and O–H groups in total. The van der Waals surface area contributed by atoms with Gasteiger partial charge in [-0.1, -0.05) is 31.2 Å². The number of hydrogen-bond acceptors (Lipinski definition) is 4. The summed E-state index contributed by atoms with van der Waals surface area (Å²) in [7, 11) is 3.37. The largest absolute Gasteiger partial charge is 0.489 e. The van der Waals surface area contributed by atoms with E-state index in [-0.39, 0.29) is 36.6 Å². The first-order valence-corrected chi connectivity index (χ1v) is 11.8. The highest BCUT2D eigenvalue weighted by molar-refractivity contribution is 5.67. The number of benzene rings is 1. The van der Waals surface area contributed by atoms with Crippen molar-refractivity contribution in [2.75, 3.05) is 14.1 Å². The normalized spacial score (nSPS) is 22.5. The van der Waals surface area contributed by atoms with Crippen molar-refractivity contribution in [2.24, 2.45) is 11.8 Å². The van der Waals surface area contributed by atoms with Gasteiger partial charge in [0.05, 0.1) is 0 Å². The molecule has 178 valence electrons. The van der Waals surface area contributed by atoms with Gasteiger partial charge in [0.1, 0.15) is 18.0 Å². The molecule has 1 aliphatic heterocycles. The zero-order valence-corrected chi connectivity index (χ0v) is 20.0. The summed E-state index contributed by atoms with van der Waals surface area (Å²) in [4.78, 5) is 24.5. The smallest absolute Gasteiger partial charge is 0.409 e. The molecule has 5 atom stereocenters. The van der Waals surface area contributed by atoms with Crippen molar-refractivity contribution in [3.8, 4) is 17.6 Å². The van der Waals surface area contributed by atoms with Gasteiger partial charge in [0.2, 0.25) is 0 Å². The zero-order chi connectivity index (χ0) is 24.0. The van der Waals surface area contributed by atoms with Crippen molar-refractivity contribution in [2.45, 2.75) is 70.5 Å². The summed E-state index contributed by atoms with van der Waals surface area (Å²) in [6.07, 6.45) is 7.79. The van der Waals surface area contributed by atoms with E-state index < -0.39 is 5.97 Å². The van der Waals surface area contributed by atoms with Gasteiger partial charge in [0.25, 0.3) is 0 Å². The highest BCUT2D eigenvalue weighted by Crippen LogP contribution is 2.52. The van der Waals surface area contributed by atoms with E-state index in [0.717, 1.165) is 24.2 Å². The van der Waals surface area contributed by atoms with Crippen LogP contribution in [0.2, 0.25) is 0 Å². The molecule has 1 aromatic rings. The lowest BCUT2D eigenvalue weighted by molar-refractivity contribution is -0.137. The van der Waals surface area contributed by atoms with E-state index in [1.165, 1.54) is 10.5 Å². The van der Waals surface area contributed by atoms with Crippen LogP contribution in [0.3, 0.4) is 0 Å². The first-order chi connectivity index (χ1) is 15.8. The Bertz CT molecular complexity index is 942. The molecule has 0 radical (unpaired) electrons. The number of para-hydroxylation sites is 1. The predicted octanol–water partition coefficient (Wildman–Crippen LogP) is 5.02. The standard InChI is InChI=1S/C27H35NO5/c1-5-6-9-18(2)22(33-27(31)28(3)4)16-14-19-15-17-23-25(19)21-12-7-10-20(26(21)32-23)11-8-13-24(29)30/h7,10,12,14,16,18-19,22-23,25H,8-9,11,13,15,17H2,1-4H3,(H,29,30)/b16-14+/t18-,19?,22?,23-,25?/m0/s1. The molecule has 1 aliphatic carbocycles. The number of nitrogens with zero attached hydrogens (tertiary/aromatic N) is 1. The van der Waals surface area contributed by atoms with E-state index in [1.807, 2.05) is 25.1 Å². The molecule has 3 unspecified atom stereocenters. The average Bonchev–Trinajstić information content (AvgIpc) is 3.34. The second-order valence-corrected chi connectivity index (χ2v) is 9.24. The van der Waals surface area contributed by atoms with Gasteiger partial charge in [-0.15, -0.1) is 11.8 Å². The lowest BCUT2D eigenvalue weighted by Gasteiger charge is -2.23. The molecular formula is C27H35NO5. The fraction of sp³-hybridized carbons (Fsp3) is 0.556. The highest BCUT2D eigenvalue weighted by atomic mass is 16.6. The Labute approximate surface area is 196 Å². The van der Waals surface area contributed by atoms with Crippen molar-refractivity contribution in [3.63, 3.8) is 0 Å². The number of hydrogen-bond donors (Lipinski definition) is 1. The minimum atomic E-state index is -0.769. The number of rotatable bonds is 9. The van der Waals surface area contributed by atoms with Crippen LogP contribution in [0.5, 0.6) is 5.75 Å². The third kappa shape index (κ3) is 6.10. The number of carbonyl (C=O) groups is 2. The van der Waals surface area contributed by atoms with Crippen LogP contribution in [-0.2, 0) is 16.0 Å². The SMILES string of the molecule is CC#CC[C@H](C)C(/C=C/C1CC[C@@H]2Oc3c(CCCC(=O)O)cccc3C12)OC(=O)N(C)C. The summed E-state index contributed by atoms with van der Waals surface area (Å²) < 4.78 is 12.1. The third-order valence-electron chi connectivity index (χ3n) is 6.55. The molecule has 1 heterocycles. The molecular weight excluding hydrogens is 418 g/mol. The van der Waals surface area contributed by atoms with E-state index >= 15 is 0 Å². The van der Waals surface area contributed by atoms with Gasteiger partial charge >= 0.3 is 12.1 Å². The summed E-state index contributed by atoms with van der Waals surface area (Å²) in [5.41, 5.74) is 2.31. The third-order valence-corrected chi connectivity index (χ3v) is 6.55. The van der Waals surface area contributed by atoms with Crippen LogP contribution in [0.4, 0.5) is 4.79 Å². The Morgan fingerprint density at radius 2 is 2.12 bits per heavy atom. The number of amides is 1. The maximum absolute atomic E-state index is 12.2. The Balaban J connectivity index is 1.76. The number of aliphatic carboxylic acids is 1. The molecule has 6 nitrogen and oxygen atoms in total. The summed E-state index contributed by atoms with van der Waals surface area (Å²) in [5.74, 6) is 6.84. The van der Waals surface area contributed by atoms with Gasteiger partial charge in [0, 0.05) is 44.3 Å². The Hall–Kier alpha value is -2.94. The lowest BCUT2D eigenvalue weighted by Crippen LogP contribution is -2.30. The number of allylic oxidation sites excluding steroid dienone is 1. The van der Waals surface area contributed by atoms with E-state index in [1.54, 1.807) is 14.1 Å². The summed E-state index contributed by atoms with van der Waals surface area (Å²) in [5, 5.41) is 8.95. The number of aryl methyl sites for hydroxylation is 1. The van der Waals surface area contributed by atoms with Gasteiger partial charge in [-0.25, -0.2) is 4.79 Å². The summed E-state index contributed by atoms with van der Waals surface area (Å²) in [6, 6.07) is 6.22. The monoisotopic (exact) mass is 453 g/mol. The Morgan fingerprint density at radius 1 is 1.33 bits per heavy atom. The molecule has 0 saturated heterocycles. The second-order valence-electron chi connectivity index (χ2n) is 9.24. The molecule has 0 spiro atoms. The minimum absolute atomic E-state index is 0.0859. The Morgan fingerprint density at radius 3 is 2.82 bits per heavy atom.